The maximum atomic E-state index is 13.8. The van der Waals surface area contributed by atoms with Gasteiger partial charge < -0.3 is 23.4 Å². The average molecular weight is 828 g/mol. The van der Waals surface area contributed by atoms with Gasteiger partial charge in [0.05, 0.1) is 51.6 Å². The van der Waals surface area contributed by atoms with Crippen molar-refractivity contribution in [3.8, 4) is 0 Å². The van der Waals surface area contributed by atoms with Crippen molar-refractivity contribution in [1.29, 1.82) is 0 Å². The summed E-state index contributed by atoms with van der Waals surface area (Å²) in [6, 6.07) is 9.01. The number of nitrogens with one attached hydrogen (secondary N) is 1. The molecular weight excluding hydrogens is 758 g/mol. The minimum Gasteiger partial charge on any atom is -0.352 e. The van der Waals surface area contributed by atoms with Crippen LogP contribution in [0.2, 0.25) is 0 Å². The molecule has 1 N–H and O–H groups in total. The third-order valence-electron chi connectivity index (χ3n) is 8.86. The van der Waals surface area contributed by atoms with E-state index in [4.69, 9.17) is 18.1 Å². The van der Waals surface area contributed by atoms with Gasteiger partial charge in [0.15, 0.2) is 0 Å². The van der Waals surface area contributed by atoms with Gasteiger partial charge in [0.2, 0.25) is 29.5 Å². The Labute approximate surface area is 320 Å². The fourth-order valence-electron chi connectivity index (χ4n) is 6.69. The van der Waals surface area contributed by atoms with Crippen molar-refractivity contribution in [2.45, 2.75) is 53.0 Å². The summed E-state index contributed by atoms with van der Waals surface area (Å²) in [5.74, 6) is -0.117. The van der Waals surface area contributed by atoms with Gasteiger partial charge in [0, 0.05) is 90.6 Å². The van der Waals surface area contributed by atoms with Crippen LogP contribution >= 0.6 is 29.5 Å². The monoisotopic (exact) mass is 827 g/mol. The summed E-state index contributed by atoms with van der Waals surface area (Å²) in [5.41, 5.74) is 0.613. The fourth-order valence-corrected chi connectivity index (χ4v) is 13.2. The number of hydrogen-bond donors (Lipinski definition) is 1. The molecule has 1 aliphatic rings. The molecule has 0 radical (unpaired) electrons. The van der Waals surface area contributed by atoms with E-state index < -0.39 is 29.5 Å². The van der Waals surface area contributed by atoms with Crippen LogP contribution in [-0.2, 0) is 36.4 Å². The van der Waals surface area contributed by atoms with Crippen LogP contribution in [0.5, 0.6) is 0 Å². The van der Waals surface area contributed by atoms with Crippen molar-refractivity contribution in [2.75, 3.05) is 131 Å². The van der Waals surface area contributed by atoms with E-state index in [1.54, 1.807) is 38.8 Å². The molecule has 1 aromatic rings. The van der Waals surface area contributed by atoms with Crippen molar-refractivity contribution >= 4 is 35.4 Å². The Morgan fingerprint density at radius 3 is 1.51 bits per heavy atom. The van der Waals surface area contributed by atoms with E-state index in [-0.39, 0.29) is 37.1 Å². The molecule has 1 fully saturated rings. The summed E-state index contributed by atoms with van der Waals surface area (Å²) in [6.45, 7) is 19.5. The Morgan fingerprint density at radius 2 is 1.04 bits per heavy atom. The predicted molar refractivity (Wildman–Crippen MR) is 218 cm³/mol. The van der Waals surface area contributed by atoms with Gasteiger partial charge in [-0.05, 0) is 52.7 Å². The third-order valence-corrected chi connectivity index (χ3v) is 15.7. The first kappa shape index (κ1) is 48.4. The van der Waals surface area contributed by atoms with Crippen LogP contribution in [0.3, 0.4) is 0 Å². The number of carbonyl (C=O) groups excluding carboxylic acids is 1. The molecule has 14 nitrogen and oxygen atoms in total. The van der Waals surface area contributed by atoms with Crippen molar-refractivity contribution in [1.82, 2.24) is 24.9 Å². The van der Waals surface area contributed by atoms with E-state index in [1.807, 2.05) is 45.9 Å². The molecule has 1 aromatic carbocycles. The lowest BCUT2D eigenvalue weighted by atomic mass is 10.1. The second-order valence-electron chi connectivity index (χ2n) is 14.2. The minimum atomic E-state index is -3.03. The Balaban J connectivity index is 2.48. The molecule has 1 aliphatic heterocycles. The number of carbonyl (C=O) groups is 1. The maximum Gasteiger partial charge on any atom is 0.251 e. The smallest absolute Gasteiger partial charge is 0.251 e. The topological polar surface area (TPSA) is 147 Å². The molecule has 1 amide bonds. The zero-order valence-corrected chi connectivity index (χ0v) is 37.2. The Kier molecular flexibility index (Phi) is 22.1. The number of benzene rings is 1. The number of amides is 1. The lowest BCUT2D eigenvalue weighted by Crippen LogP contribution is -2.50. The first-order chi connectivity index (χ1) is 24.9. The Hall–Kier alpha value is -0.710. The molecule has 308 valence electrons. The van der Waals surface area contributed by atoms with Gasteiger partial charge in [-0.25, -0.2) is 0 Å². The maximum absolute atomic E-state index is 13.8. The highest BCUT2D eigenvalue weighted by molar-refractivity contribution is 7.58. The summed E-state index contributed by atoms with van der Waals surface area (Å²) in [6.07, 6.45) is 3.19. The average Bonchev–Trinajstić information content (AvgIpc) is 3.06. The largest absolute Gasteiger partial charge is 0.352 e. The van der Waals surface area contributed by atoms with E-state index in [9.17, 15) is 23.1 Å². The van der Waals surface area contributed by atoms with Gasteiger partial charge >= 0.3 is 0 Å². The van der Waals surface area contributed by atoms with Crippen molar-refractivity contribution in [2.24, 2.45) is 0 Å². The Bertz CT molecular complexity index is 1410. The summed E-state index contributed by atoms with van der Waals surface area (Å²) >= 11 is 0. The van der Waals surface area contributed by atoms with E-state index in [1.165, 1.54) is 0 Å². The van der Waals surface area contributed by atoms with E-state index in [0.717, 1.165) is 19.3 Å². The number of rotatable bonds is 22. The molecule has 0 bridgehead atoms. The molecule has 1 heterocycles. The van der Waals surface area contributed by atoms with Crippen LogP contribution in [0.25, 0.3) is 0 Å². The summed E-state index contributed by atoms with van der Waals surface area (Å²) in [5, 5.41) is 3.02. The van der Waals surface area contributed by atoms with Crippen molar-refractivity contribution < 1.29 is 41.1 Å². The second-order valence-corrected chi connectivity index (χ2v) is 24.5. The number of nitrogens with zero attached hydrogens (tertiary/aromatic N) is 4. The van der Waals surface area contributed by atoms with Crippen molar-refractivity contribution in [3.05, 3.63) is 35.9 Å². The second kappa shape index (κ2) is 24.1. The van der Waals surface area contributed by atoms with Crippen LogP contribution < -0.4 is 5.32 Å². The molecule has 53 heavy (non-hydrogen) atoms. The minimum absolute atomic E-state index is 0.117. The van der Waals surface area contributed by atoms with E-state index in [0.29, 0.717) is 84.3 Å². The van der Waals surface area contributed by atoms with Gasteiger partial charge in [0.1, 0.15) is 0 Å². The van der Waals surface area contributed by atoms with Crippen LogP contribution in [0, 0.1) is 0 Å². The van der Waals surface area contributed by atoms with Crippen LogP contribution in [0.15, 0.2) is 30.3 Å². The summed E-state index contributed by atoms with van der Waals surface area (Å²) < 4.78 is 77.3. The van der Waals surface area contributed by atoms with Crippen molar-refractivity contribution in [3.63, 3.8) is 0 Å². The van der Waals surface area contributed by atoms with Gasteiger partial charge in [-0.1, -0.05) is 24.6 Å². The molecule has 18 heteroatoms. The molecule has 0 aromatic heterocycles. The molecule has 4 unspecified atom stereocenters. The first-order valence-corrected chi connectivity index (χ1v) is 28.0. The molecule has 1 saturated heterocycles. The van der Waals surface area contributed by atoms with Crippen LogP contribution in [-0.4, -0.2) is 162 Å². The highest BCUT2D eigenvalue weighted by Gasteiger charge is 2.32. The fraction of sp³-hybridized carbons (Fsp3) is 0.800. The highest BCUT2D eigenvalue weighted by atomic mass is 31.2. The lowest BCUT2D eigenvalue weighted by Gasteiger charge is -2.40. The van der Waals surface area contributed by atoms with Crippen LogP contribution in [0.1, 0.15) is 57.3 Å². The van der Waals surface area contributed by atoms with E-state index in [2.05, 4.69) is 24.9 Å². The quantitative estimate of drug-likeness (QED) is 0.0969. The zero-order valence-electron chi connectivity index (χ0n) is 33.7. The summed E-state index contributed by atoms with van der Waals surface area (Å²) in [7, 11) is -11.9. The third kappa shape index (κ3) is 20.3. The molecular formula is C35H69N5O9P4. The molecule has 0 aliphatic carbocycles. The van der Waals surface area contributed by atoms with E-state index >= 15 is 0 Å². The van der Waals surface area contributed by atoms with Gasteiger partial charge in [-0.15, -0.1) is 0 Å². The van der Waals surface area contributed by atoms with Gasteiger partial charge in [-0.2, -0.15) is 0 Å². The Morgan fingerprint density at radius 1 is 0.623 bits per heavy atom. The highest BCUT2D eigenvalue weighted by Crippen LogP contribution is 2.46. The normalized spacial score (nSPS) is 22.4. The first-order valence-electron chi connectivity index (χ1n) is 19.0. The predicted octanol–water partition coefficient (Wildman–Crippen LogP) is 6.78. The molecule has 0 spiro atoms. The number of unbranched alkanes of at least 4 members (excludes halogenated alkanes) is 1. The zero-order chi connectivity index (χ0) is 39.5. The van der Waals surface area contributed by atoms with Gasteiger partial charge in [0.25, 0.3) is 5.91 Å². The van der Waals surface area contributed by atoms with Crippen LogP contribution in [0.4, 0.5) is 0 Å². The standard InChI is InChI=1S/C35H69N5O9P4/c1-9-46-50(5,42)29-37-22-23-38(30-51(6,43)47-10-2)26-27-40(32-53(8,45)49-12-4)34(28-39(25-24-37)31-52(7,44)48-11-3)20-16-17-21-36-35(41)33-18-14-13-15-19-33/h13-15,18-19,34H,9-12,16-17,20-32H2,1-8H3,(H,36,41)/t34-,50?,51?,52?,53?/m0/s1. The SMILES string of the molecule is CCOP(C)(=O)CN1CCN(CP(C)(=O)OCC)CCN(CP(C)(=O)OCC)[C@@H](CCCCNC(=O)c2ccccc2)CN(CP(C)(=O)OCC)CC1. The van der Waals surface area contributed by atoms with Gasteiger partial charge in [-0.3, -0.25) is 42.7 Å². The molecule has 0 saturated carbocycles. The molecule has 2 rings (SSSR count). The number of hydrogen-bond acceptors (Lipinski definition) is 13. The summed E-state index contributed by atoms with van der Waals surface area (Å²) in [4.78, 5) is 21.3. The molecule has 5 atom stereocenters. The lowest BCUT2D eigenvalue weighted by molar-refractivity contribution is 0.0951.